The minimum Gasteiger partial charge on any atom is -0.390 e. The van der Waals surface area contributed by atoms with Crippen LogP contribution in [0.1, 0.15) is 85.5 Å². The molecule has 31 heavy (non-hydrogen) atoms. The van der Waals surface area contributed by atoms with E-state index in [1.54, 1.807) is 0 Å². The van der Waals surface area contributed by atoms with Gasteiger partial charge in [-0.2, -0.15) is 0 Å². The zero-order valence-corrected chi connectivity index (χ0v) is 20.1. The number of hydrogen-bond acceptors (Lipinski definition) is 4. The van der Waals surface area contributed by atoms with E-state index >= 15 is 0 Å². The molecule has 0 aromatic rings. The van der Waals surface area contributed by atoms with Gasteiger partial charge in [-0.3, -0.25) is 0 Å². The van der Waals surface area contributed by atoms with Gasteiger partial charge in [-0.05, 0) is 97.7 Å². The second-order valence-corrected chi connectivity index (χ2v) is 13.2. The van der Waals surface area contributed by atoms with Gasteiger partial charge in [0.15, 0.2) is 5.79 Å². The van der Waals surface area contributed by atoms with E-state index < -0.39 is 12.2 Å². The predicted octanol–water partition coefficient (Wildman–Crippen LogP) is 4.76. The summed E-state index contributed by atoms with van der Waals surface area (Å²) in [4.78, 5) is 0. The Hall–Kier alpha value is -0.160. The Morgan fingerprint density at radius 1 is 0.839 bits per heavy atom. The van der Waals surface area contributed by atoms with Gasteiger partial charge in [0, 0.05) is 12.3 Å². The highest BCUT2D eigenvalue weighted by atomic mass is 16.7. The van der Waals surface area contributed by atoms with Crippen molar-refractivity contribution in [2.24, 2.45) is 52.3 Å². The molecule has 4 saturated carbocycles. The van der Waals surface area contributed by atoms with Crippen LogP contribution >= 0.6 is 0 Å². The molecular weight excluding hydrogens is 388 g/mol. The third-order valence-electron chi connectivity index (χ3n) is 12.0. The first-order valence-corrected chi connectivity index (χ1v) is 13.4. The van der Waals surface area contributed by atoms with E-state index in [2.05, 4.69) is 27.7 Å². The van der Waals surface area contributed by atoms with Gasteiger partial charge in [0.05, 0.1) is 24.9 Å². The topological polar surface area (TPSA) is 58.9 Å². The first-order chi connectivity index (χ1) is 14.7. The van der Waals surface area contributed by atoms with Crippen molar-refractivity contribution in [3.8, 4) is 0 Å². The molecule has 6 aliphatic rings. The minimum absolute atomic E-state index is 0.191. The third kappa shape index (κ3) is 2.80. The van der Waals surface area contributed by atoms with E-state index in [4.69, 9.17) is 9.47 Å². The first kappa shape index (κ1) is 21.4. The van der Waals surface area contributed by atoms with Crippen molar-refractivity contribution in [2.45, 2.75) is 110 Å². The lowest BCUT2D eigenvalue weighted by atomic mass is 9.44. The smallest absolute Gasteiger partial charge is 0.171 e. The summed E-state index contributed by atoms with van der Waals surface area (Å²) in [5, 5.41) is 20.9. The van der Waals surface area contributed by atoms with Crippen LogP contribution in [0.2, 0.25) is 0 Å². The fourth-order valence-electron chi connectivity index (χ4n) is 10.3. The van der Waals surface area contributed by atoms with E-state index in [0.717, 1.165) is 37.7 Å². The fraction of sp³-hybridized carbons (Fsp3) is 1.00. The molecule has 0 radical (unpaired) electrons. The van der Waals surface area contributed by atoms with Crippen molar-refractivity contribution in [1.29, 1.82) is 0 Å². The van der Waals surface area contributed by atoms with E-state index in [1.807, 2.05) is 0 Å². The first-order valence-electron chi connectivity index (χ1n) is 13.4. The van der Waals surface area contributed by atoms with Crippen molar-refractivity contribution in [3.63, 3.8) is 0 Å². The number of aliphatic hydroxyl groups excluding tert-OH is 2. The summed E-state index contributed by atoms with van der Waals surface area (Å²) in [5.74, 6) is 4.21. The van der Waals surface area contributed by atoms with Crippen LogP contribution in [-0.4, -0.2) is 40.9 Å². The van der Waals surface area contributed by atoms with Gasteiger partial charge in [0.25, 0.3) is 0 Å². The molecule has 0 unspecified atom stereocenters. The summed E-state index contributed by atoms with van der Waals surface area (Å²) < 4.78 is 13.3. The molecule has 13 atom stereocenters. The van der Waals surface area contributed by atoms with E-state index in [1.165, 1.54) is 38.5 Å². The lowest BCUT2D eigenvalue weighted by molar-refractivity contribution is -0.273. The van der Waals surface area contributed by atoms with Crippen LogP contribution in [0.15, 0.2) is 0 Å². The Morgan fingerprint density at radius 3 is 2.39 bits per heavy atom. The Bertz CT molecular complexity index is 716. The van der Waals surface area contributed by atoms with E-state index in [-0.39, 0.29) is 11.2 Å². The molecule has 176 valence electrons. The molecule has 2 saturated heterocycles. The Balaban J connectivity index is 1.26. The lowest BCUT2D eigenvalue weighted by Crippen LogP contribution is -2.57. The third-order valence-corrected chi connectivity index (χ3v) is 12.0. The van der Waals surface area contributed by atoms with Crippen LogP contribution in [0.4, 0.5) is 0 Å². The highest BCUT2D eigenvalue weighted by Crippen LogP contribution is 2.71. The molecule has 1 spiro atoms. The molecule has 2 heterocycles. The molecule has 0 aromatic carbocycles. The molecule has 6 fully saturated rings. The highest BCUT2D eigenvalue weighted by Gasteiger charge is 2.69. The average molecular weight is 433 g/mol. The van der Waals surface area contributed by atoms with E-state index in [9.17, 15) is 10.2 Å². The van der Waals surface area contributed by atoms with Gasteiger partial charge < -0.3 is 19.7 Å². The van der Waals surface area contributed by atoms with Crippen molar-refractivity contribution in [2.75, 3.05) is 6.61 Å². The van der Waals surface area contributed by atoms with Crippen LogP contribution in [0.5, 0.6) is 0 Å². The van der Waals surface area contributed by atoms with Gasteiger partial charge in [-0.1, -0.05) is 27.7 Å². The molecule has 0 aromatic heterocycles. The zero-order valence-electron chi connectivity index (χ0n) is 20.1. The van der Waals surface area contributed by atoms with Gasteiger partial charge in [0.1, 0.15) is 0 Å². The standard InChI is InChI=1S/C27H44O4/c1-15-7-10-27(30-14-15)16(2)24-23(31-27)12-20-18-6-5-17-11-21(28)22(29)13-26(17,4)19(18)8-9-25(20,24)3/h15-24,28-29H,5-14H2,1-4H3/t15-,16+,17-,18-,19+,20+,21+,22-,23+,24+,25-,26-,27-/m0/s1. The quantitative estimate of drug-likeness (QED) is 0.579. The minimum atomic E-state index is -0.537. The molecule has 0 bridgehead atoms. The average Bonchev–Trinajstić information content (AvgIpc) is 3.16. The molecular formula is C27H44O4. The van der Waals surface area contributed by atoms with Crippen LogP contribution < -0.4 is 0 Å². The second kappa shape index (κ2) is 6.93. The SMILES string of the molecule is C[C@H]1CC[C@]2(OC1)O[C@@H]1C[C@@H]3[C@H]4CC[C@H]5C[C@@H](O)[C@@H](O)C[C@]5(C)[C@@H]4CC[C@]3(C)[C@@H]1[C@H]2C. The van der Waals surface area contributed by atoms with Crippen LogP contribution in [0.25, 0.3) is 0 Å². The Labute approximate surface area is 188 Å². The number of rotatable bonds is 0. The largest absolute Gasteiger partial charge is 0.390 e. The van der Waals surface area contributed by atoms with E-state index in [0.29, 0.717) is 41.1 Å². The van der Waals surface area contributed by atoms with Gasteiger partial charge in [-0.15, -0.1) is 0 Å². The van der Waals surface area contributed by atoms with Crippen LogP contribution in [0.3, 0.4) is 0 Å². The lowest BCUT2D eigenvalue weighted by Gasteiger charge is -2.61. The molecule has 4 nitrogen and oxygen atoms in total. The number of fused-ring (bicyclic) bond motifs is 7. The molecule has 4 aliphatic carbocycles. The van der Waals surface area contributed by atoms with Crippen molar-refractivity contribution >= 4 is 0 Å². The normalized spacial score (nSPS) is 63.3. The molecule has 4 heteroatoms. The summed E-state index contributed by atoms with van der Waals surface area (Å²) in [7, 11) is 0. The van der Waals surface area contributed by atoms with Crippen molar-refractivity contribution in [3.05, 3.63) is 0 Å². The maximum absolute atomic E-state index is 10.6. The maximum Gasteiger partial charge on any atom is 0.171 e. The van der Waals surface area contributed by atoms with Gasteiger partial charge in [-0.25, -0.2) is 0 Å². The Kier molecular flexibility index (Phi) is 4.78. The number of ether oxygens (including phenoxy) is 2. The van der Waals surface area contributed by atoms with Crippen molar-refractivity contribution < 1.29 is 19.7 Å². The number of aliphatic hydroxyl groups is 2. The fourth-order valence-corrected chi connectivity index (χ4v) is 10.3. The summed E-state index contributed by atoms with van der Waals surface area (Å²) in [6.07, 6.45) is 9.51. The van der Waals surface area contributed by atoms with Crippen LogP contribution in [0, 0.1) is 52.3 Å². The monoisotopic (exact) mass is 432 g/mol. The van der Waals surface area contributed by atoms with Crippen LogP contribution in [-0.2, 0) is 9.47 Å². The maximum atomic E-state index is 10.6. The molecule has 6 rings (SSSR count). The zero-order chi connectivity index (χ0) is 21.8. The summed E-state index contributed by atoms with van der Waals surface area (Å²) in [6, 6.07) is 0. The summed E-state index contributed by atoms with van der Waals surface area (Å²) in [6.45, 7) is 10.6. The van der Waals surface area contributed by atoms with Gasteiger partial charge >= 0.3 is 0 Å². The molecule has 2 aliphatic heterocycles. The second-order valence-electron chi connectivity index (χ2n) is 13.2. The molecule has 2 N–H and O–H groups in total. The predicted molar refractivity (Wildman–Crippen MR) is 119 cm³/mol. The highest BCUT2D eigenvalue weighted by molar-refractivity contribution is 5.15. The summed E-state index contributed by atoms with van der Waals surface area (Å²) >= 11 is 0. The van der Waals surface area contributed by atoms with Crippen molar-refractivity contribution in [1.82, 2.24) is 0 Å². The Morgan fingerprint density at radius 2 is 1.65 bits per heavy atom. The van der Waals surface area contributed by atoms with Gasteiger partial charge in [0.2, 0.25) is 0 Å². The summed E-state index contributed by atoms with van der Waals surface area (Å²) in [5.41, 5.74) is 0.550. The number of hydrogen-bond donors (Lipinski definition) is 2. The molecule has 0 amide bonds.